The number of H-pyrrole nitrogens is 1. The zero-order valence-electron chi connectivity index (χ0n) is 33.2. The molecular formula is C45H89N2+. The fourth-order valence-electron chi connectivity index (χ4n) is 7.84. The standard InChI is InChI=1S/C45H88N2/c1-5-8-11-14-17-19-21-22-23-24-26-28-31-34-37-40-44(39-36-33-30-27-25-20-18-15-12-9-6-2)45-46-41-42-47(45)43(4)38-35-32-29-16-13-10-7-3/h41-44H,5-40H2,1-4H3/p+1. The molecule has 2 nitrogen and oxygen atoms in total. The molecule has 0 spiro atoms. The lowest BCUT2D eigenvalue weighted by atomic mass is 9.92. The van der Waals surface area contributed by atoms with E-state index in [0.717, 1.165) is 0 Å². The molecule has 0 aliphatic heterocycles. The molecule has 0 aliphatic carbocycles. The predicted molar refractivity (Wildman–Crippen MR) is 212 cm³/mol. The minimum Gasteiger partial charge on any atom is -0.247 e. The van der Waals surface area contributed by atoms with Gasteiger partial charge in [-0.05, 0) is 32.6 Å². The Hall–Kier alpha value is -0.790. The van der Waals surface area contributed by atoms with Gasteiger partial charge in [0.1, 0.15) is 12.4 Å². The van der Waals surface area contributed by atoms with Gasteiger partial charge in [-0.15, -0.1) is 0 Å². The van der Waals surface area contributed by atoms with Gasteiger partial charge in [-0.1, -0.05) is 226 Å². The van der Waals surface area contributed by atoms with Crippen molar-refractivity contribution < 1.29 is 4.57 Å². The third-order valence-corrected chi connectivity index (χ3v) is 11.1. The van der Waals surface area contributed by atoms with Gasteiger partial charge >= 0.3 is 0 Å². The number of hydrogen-bond donors (Lipinski definition) is 1. The Morgan fingerprint density at radius 2 is 0.681 bits per heavy atom. The molecule has 0 amide bonds. The maximum absolute atomic E-state index is 3.77. The van der Waals surface area contributed by atoms with Crippen molar-refractivity contribution in [2.75, 3.05) is 0 Å². The Morgan fingerprint density at radius 3 is 1.00 bits per heavy atom. The van der Waals surface area contributed by atoms with Gasteiger partial charge in [0.05, 0.1) is 12.0 Å². The molecule has 1 rings (SSSR count). The van der Waals surface area contributed by atoms with Crippen LogP contribution >= 0.6 is 0 Å². The summed E-state index contributed by atoms with van der Waals surface area (Å²) < 4.78 is 2.64. The molecule has 2 heteroatoms. The van der Waals surface area contributed by atoms with Gasteiger partial charge in [0.25, 0.3) is 5.82 Å². The van der Waals surface area contributed by atoms with Crippen molar-refractivity contribution >= 4 is 0 Å². The lowest BCUT2D eigenvalue weighted by Gasteiger charge is -2.17. The summed E-state index contributed by atoms with van der Waals surface area (Å²) in [5.41, 5.74) is 0. The van der Waals surface area contributed by atoms with Crippen molar-refractivity contribution in [1.82, 2.24) is 4.98 Å². The molecule has 0 aliphatic rings. The maximum Gasteiger partial charge on any atom is 0.257 e. The van der Waals surface area contributed by atoms with E-state index in [0.29, 0.717) is 12.0 Å². The molecule has 0 saturated heterocycles. The first-order valence-corrected chi connectivity index (χ1v) is 22.3. The van der Waals surface area contributed by atoms with E-state index in [4.69, 9.17) is 0 Å². The molecule has 2 unspecified atom stereocenters. The molecule has 278 valence electrons. The SMILES string of the molecule is CCCCCCCCCCCCCCCCCC(CCCCCCCCCCCCC)c1[nH]cc[n+]1C(C)CCCCCCCCC. The van der Waals surface area contributed by atoms with Gasteiger partial charge < -0.3 is 0 Å². The molecule has 1 aromatic heterocycles. The lowest BCUT2D eigenvalue weighted by molar-refractivity contribution is -0.727. The van der Waals surface area contributed by atoms with Crippen LogP contribution in [0.15, 0.2) is 12.4 Å². The molecule has 0 radical (unpaired) electrons. The average molecular weight is 658 g/mol. The monoisotopic (exact) mass is 658 g/mol. The van der Waals surface area contributed by atoms with Gasteiger partial charge in [-0.25, -0.2) is 9.55 Å². The minimum absolute atomic E-state index is 0.618. The summed E-state index contributed by atoms with van der Waals surface area (Å²) in [7, 11) is 0. The van der Waals surface area contributed by atoms with Gasteiger partial charge in [0.15, 0.2) is 0 Å². The fraction of sp³-hybridized carbons (Fsp3) is 0.933. The summed E-state index contributed by atoms with van der Waals surface area (Å²) in [6.45, 7) is 9.42. The largest absolute Gasteiger partial charge is 0.257 e. The van der Waals surface area contributed by atoms with E-state index in [9.17, 15) is 0 Å². The number of imidazole rings is 1. The molecule has 0 fully saturated rings. The smallest absolute Gasteiger partial charge is 0.247 e. The highest BCUT2D eigenvalue weighted by atomic mass is 15.1. The zero-order valence-corrected chi connectivity index (χ0v) is 33.2. The van der Waals surface area contributed by atoms with Crippen molar-refractivity contribution in [3.05, 3.63) is 18.2 Å². The first-order chi connectivity index (χ1) is 23.2. The Bertz CT molecular complexity index is 723. The third-order valence-electron chi connectivity index (χ3n) is 11.1. The molecule has 0 saturated carbocycles. The highest BCUT2D eigenvalue weighted by molar-refractivity contribution is 4.90. The third kappa shape index (κ3) is 26.7. The minimum atomic E-state index is 0.618. The van der Waals surface area contributed by atoms with Crippen LogP contribution in [0.25, 0.3) is 0 Å². The molecule has 2 atom stereocenters. The van der Waals surface area contributed by atoms with E-state index in [1.165, 1.54) is 237 Å². The molecule has 0 bridgehead atoms. The van der Waals surface area contributed by atoms with Crippen molar-refractivity contribution in [3.8, 4) is 0 Å². The average Bonchev–Trinajstić information content (AvgIpc) is 3.57. The number of nitrogens with zero attached hydrogens (tertiary/aromatic N) is 1. The second kappa shape index (κ2) is 35.1. The summed E-state index contributed by atoms with van der Waals surface area (Å²) in [5, 5.41) is 0. The van der Waals surface area contributed by atoms with E-state index < -0.39 is 0 Å². The highest BCUT2D eigenvalue weighted by Gasteiger charge is 2.25. The number of nitrogens with one attached hydrogen (secondary N) is 1. The molecule has 0 aromatic carbocycles. The van der Waals surface area contributed by atoms with Crippen LogP contribution in [0.2, 0.25) is 0 Å². The normalized spacial score (nSPS) is 13.0. The highest BCUT2D eigenvalue weighted by Crippen LogP contribution is 2.27. The summed E-state index contributed by atoms with van der Waals surface area (Å²) in [5.74, 6) is 2.25. The zero-order chi connectivity index (χ0) is 33.9. The van der Waals surface area contributed by atoms with Gasteiger partial charge in [0, 0.05) is 0 Å². The number of aromatic nitrogens is 2. The Labute approximate surface area is 297 Å². The second-order valence-corrected chi connectivity index (χ2v) is 15.8. The van der Waals surface area contributed by atoms with Crippen LogP contribution in [0, 0.1) is 0 Å². The molecule has 47 heavy (non-hydrogen) atoms. The van der Waals surface area contributed by atoms with E-state index in [1.807, 2.05) is 0 Å². The fourth-order valence-corrected chi connectivity index (χ4v) is 7.84. The van der Waals surface area contributed by atoms with E-state index in [2.05, 4.69) is 49.6 Å². The van der Waals surface area contributed by atoms with Gasteiger partial charge in [-0.3, -0.25) is 0 Å². The number of aromatic amines is 1. The number of rotatable bonds is 38. The maximum atomic E-state index is 3.77. The van der Waals surface area contributed by atoms with Crippen molar-refractivity contribution in [2.45, 2.75) is 271 Å². The van der Waals surface area contributed by atoms with Crippen LogP contribution in [0.4, 0.5) is 0 Å². The first kappa shape index (κ1) is 44.2. The van der Waals surface area contributed by atoms with E-state index in [-0.39, 0.29) is 0 Å². The van der Waals surface area contributed by atoms with E-state index in [1.54, 1.807) is 0 Å². The summed E-state index contributed by atoms with van der Waals surface area (Å²) in [6, 6.07) is 0.618. The first-order valence-electron chi connectivity index (χ1n) is 22.3. The van der Waals surface area contributed by atoms with Crippen LogP contribution in [0.1, 0.15) is 277 Å². The van der Waals surface area contributed by atoms with Crippen LogP contribution < -0.4 is 4.57 Å². The second-order valence-electron chi connectivity index (χ2n) is 15.8. The van der Waals surface area contributed by atoms with Crippen molar-refractivity contribution in [2.24, 2.45) is 0 Å². The predicted octanol–water partition coefficient (Wildman–Crippen LogP) is 16.1. The number of hydrogen-bond acceptors (Lipinski definition) is 0. The molecule has 1 heterocycles. The molecule has 1 N–H and O–H groups in total. The van der Waals surface area contributed by atoms with Crippen LogP contribution in [0.3, 0.4) is 0 Å². The summed E-state index contributed by atoms with van der Waals surface area (Å²) >= 11 is 0. The quantitative estimate of drug-likeness (QED) is 0.0539. The van der Waals surface area contributed by atoms with Crippen molar-refractivity contribution in [1.29, 1.82) is 0 Å². The number of unbranched alkanes of at least 4 members (excludes halogenated alkanes) is 30. The molecule has 1 aromatic rings. The van der Waals surface area contributed by atoms with E-state index >= 15 is 0 Å². The van der Waals surface area contributed by atoms with Gasteiger partial charge in [0.2, 0.25) is 0 Å². The van der Waals surface area contributed by atoms with Crippen LogP contribution in [-0.2, 0) is 0 Å². The Kier molecular flexibility index (Phi) is 33.0. The Morgan fingerprint density at radius 1 is 0.404 bits per heavy atom. The summed E-state index contributed by atoms with van der Waals surface area (Å²) in [6.07, 6.45) is 56.1. The lowest BCUT2D eigenvalue weighted by Crippen LogP contribution is -2.41. The Balaban J connectivity index is 2.37. The summed E-state index contributed by atoms with van der Waals surface area (Å²) in [4.78, 5) is 3.77. The van der Waals surface area contributed by atoms with Crippen LogP contribution in [0.5, 0.6) is 0 Å². The van der Waals surface area contributed by atoms with Gasteiger partial charge in [-0.2, -0.15) is 0 Å². The van der Waals surface area contributed by atoms with Crippen molar-refractivity contribution in [3.63, 3.8) is 0 Å². The molecular weight excluding hydrogens is 569 g/mol. The van der Waals surface area contributed by atoms with Crippen LogP contribution in [-0.4, -0.2) is 4.98 Å². The topological polar surface area (TPSA) is 19.7 Å².